The molecule has 0 N–H and O–H groups in total. The van der Waals surface area contributed by atoms with Crippen LogP contribution in [0.15, 0.2) is 48.6 Å². The second kappa shape index (κ2) is 32.5. The number of unbranched alkanes of at least 4 members (excludes halogenated alkanes) is 18. The topological polar surface area (TPSA) is 48.0 Å². The lowest BCUT2D eigenvalue weighted by Gasteiger charge is -2.30. The van der Waals surface area contributed by atoms with Gasteiger partial charge >= 0.3 is 5.97 Å². The molecule has 1 unspecified atom stereocenters. The van der Waals surface area contributed by atoms with Gasteiger partial charge in [-0.25, -0.2) is 0 Å². The van der Waals surface area contributed by atoms with Crippen molar-refractivity contribution in [1.82, 2.24) is 4.90 Å². The van der Waals surface area contributed by atoms with E-state index in [1.165, 1.54) is 128 Å². The number of ether oxygens (including phenoxy) is 3. The highest BCUT2D eigenvalue weighted by Gasteiger charge is 2.52. The van der Waals surface area contributed by atoms with Crippen LogP contribution >= 0.6 is 0 Å². The standard InChI is InChI=1S/C48H85NO4/c1-5-7-9-11-13-15-17-19-21-23-25-27-29-31-33-35-39-48(40-36-34-32-30-28-26-24-22-20-18-16-14-12-10-8-6-2)52-45-42-44(43-46(45)53-48)51-47(50)38-37-41-49(3)4/h13-16,19-22,44-46H,5-12,17-18,23-43H2,1-4H3/b15-13-,16-14-,21-19-,22-20-/t44-,45+,46?/m0/s1. The summed E-state index contributed by atoms with van der Waals surface area (Å²) in [4.78, 5) is 14.6. The highest BCUT2D eigenvalue weighted by Crippen LogP contribution is 2.44. The molecular formula is C48H85NO4. The van der Waals surface area contributed by atoms with Crippen LogP contribution in [0.2, 0.25) is 0 Å². The molecule has 2 rings (SSSR count). The summed E-state index contributed by atoms with van der Waals surface area (Å²) in [6.07, 6.45) is 53.9. The minimum Gasteiger partial charge on any atom is -0.462 e. The van der Waals surface area contributed by atoms with Gasteiger partial charge in [0.25, 0.3) is 0 Å². The lowest BCUT2D eigenvalue weighted by molar-refractivity contribution is -0.196. The number of allylic oxidation sites excluding steroid dienone is 8. The van der Waals surface area contributed by atoms with E-state index in [0.29, 0.717) is 6.42 Å². The molecule has 0 aromatic carbocycles. The van der Waals surface area contributed by atoms with Crippen molar-refractivity contribution < 1.29 is 19.0 Å². The molecule has 1 saturated heterocycles. The molecule has 2 aliphatic rings. The van der Waals surface area contributed by atoms with Crippen LogP contribution in [-0.4, -0.2) is 55.6 Å². The number of carbonyl (C=O) groups excluding carboxylic acids is 1. The Bertz CT molecular complexity index is 920. The average Bonchev–Trinajstić information content (AvgIpc) is 3.66. The number of nitrogens with zero attached hydrogens (tertiary/aromatic N) is 1. The molecule has 5 nitrogen and oxygen atoms in total. The quantitative estimate of drug-likeness (QED) is 0.0368. The van der Waals surface area contributed by atoms with Crippen molar-refractivity contribution in [3.8, 4) is 0 Å². The van der Waals surface area contributed by atoms with Crippen LogP contribution in [0.25, 0.3) is 0 Å². The number of fused-ring (bicyclic) bond motifs is 1. The summed E-state index contributed by atoms with van der Waals surface area (Å²) in [6, 6.07) is 0. The zero-order valence-electron chi connectivity index (χ0n) is 35.4. The maximum Gasteiger partial charge on any atom is 0.306 e. The SMILES string of the molecule is CCCCC/C=C\C/C=C\CCCCCCCCC1(CCCCCCCC/C=C\C/C=C\CCCCC)OC2C[C@@H](OC(=O)CCCN(C)C)C[C@H]2O1. The molecule has 53 heavy (non-hydrogen) atoms. The predicted octanol–water partition coefficient (Wildman–Crippen LogP) is 13.9. The molecule has 306 valence electrons. The largest absolute Gasteiger partial charge is 0.462 e. The minimum absolute atomic E-state index is 0.0591. The van der Waals surface area contributed by atoms with Gasteiger partial charge in [0.2, 0.25) is 0 Å². The first-order valence-electron chi connectivity index (χ1n) is 22.8. The molecule has 2 fully saturated rings. The van der Waals surface area contributed by atoms with Crippen molar-refractivity contribution in [2.24, 2.45) is 0 Å². The average molecular weight is 740 g/mol. The highest BCUT2D eigenvalue weighted by atomic mass is 16.8. The summed E-state index contributed by atoms with van der Waals surface area (Å²) in [5.74, 6) is -0.522. The number of esters is 1. The molecule has 0 amide bonds. The fourth-order valence-electron chi connectivity index (χ4n) is 7.75. The summed E-state index contributed by atoms with van der Waals surface area (Å²) in [5, 5.41) is 0. The fourth-order valence-corrected chi connectivity index (χ4v) is 7.75. The first-order chi connectivity index (χ1) is 26.0. The third kappa shape index (κ3) is 25.2. The van der Waals surface area contributed by atoms with Crippen LogP contribution in [0.5, 0.6) is 0 Å². The summed E-state index contributed by atoms with van der Waals surface area (Å²) < 4.78 is 19.5. The van der Waals surface area contributed by atoms with Gasteiger partial charge in [-0.3, -0.25) is 4.79 Å². The summed E-state index contributed by atoms with van der Waals surface area (Å²) in [6.45, 7) is 5.43. The second-order valence-electron chi connectivity index (χ2n) is 16.4. The van der Waals surface area contributed by atoms with Gasteiger partial charge in [0, 0.05) is 32.1 Å². The third-order valence-corrected chi connectivity index (χ3v) is 10.9. The van der Waals surface area contributed by atoms with E-state index in [-0.39, 0.29) is 24.3 Å². The van der Waals surface area contributed by atoms with E-state index in [1.54, 1.807) is 0 Å². The fraction of sp³-hybridized carbons (Fsp3) is 0.812. The van der Waals surface area contributed by atoms with Gasteiger partial charge in [-0.15, -0.1) is 0 Å². The molecule has 1 saturated carbocycles. The zero-order valence-corrected chi connectivity index (χ0v) is 35.4. The van der Waals surface area contributed by atoms with E-state index < -0.39 is 5.79 Å². The Morgan fingerprint density at radius 1 is 0.566 bits per heavy atom. The van der Waals surface area contributed by atoms with E-state index in [4.69, 9.17) is 14.2 Å². The van der Waals surface area contributed by atoms with Crippen LogP contribution in [0.4, 0.5) is 0 Å². The Labute approximate surface area is 328 Å². The maximum atomic E-state index is 12.4. The van der Waals surface area contributed by atoms with Crippen molar-refractivity contribution in [3.63, 3.8) is 0 Å². The number of hydrogen-bond acceptors (Lipinski definition) is 5. The molecule has 1 aliphatic carbocycles. The third-order valence-electron chi connectivity index (χ3n) is 10.9. The van der Waals surface area contributed by atoms with Crippen molar-refractivity contribution in [2.75, 3.05) is 20.6 Å². The second-order valence-corrected chi connectivity index (χ2v) is 16.4. The van der Waals surface area contributed by atoms with Gasteiger partial charge in [-0.2, -0.15) is 0 Å². The molecule has 0 spiro atoms. The molecule has 5 heteroatoms. The predicted molar refractivity (Wildman–Crippen MR) is 227 cm³/mol. The lowest BCUT2D eigenvalue weighted by atomic mass is 9.98. The van der Waals surface area contributed by atoms with Gasteiger partial charge in [0.05, 0.1) is 12.2 Å². The molecule has 1 aliphatic heterocycles. The van der Waals surface area contributed by atoms with E-state index >= 15 is 0 Å². The van der Waals surface area contributed by atoms with Gasteiger partial charge in [-0.05, 0) is 104 Å². The van der Waals surface area contributed by atoms with Gasteiger partial charge < -0.3 is 19.1 Å². The van der Waals surface area contributed by atoms with E-state index in [0.717, 1.165) is 64.3 Å². The summed E-state index contributed by atoms with van der Waals surface area (Å²) in [5.41, 5.74) is 0. The van der Waals surface area contributed by atoms with Crippen molar-refractivity contribution >= 4 is 5.97 Å². The van der Waals surface area contributed by atoms with E-state index in [1.807, 2.05) is 14.1 Å². The molecule has 0 aromatic rings. The Kier molecular flexibility index (Phi) is 29.1. The highest BCUT2D eigenvalue weighted by molar-refractivity contribution is 5.69. The Balaban J connectivity index is 1.65. The Morgan fingerprint density at radius 3 is 1.38 bits per heavy atom. The molecule has 0 radical (unpaired) electrons. The number of carbonyl (C=O) groups is 1. The first-order valence-corrected chi connectivity index (χ1v) is 22.8. The normalized spacial score (nSPS) is 20.0. The summed E-state index contributed by atoms with van der Waals surface area (Å²) in [7, 11) is 4.08. The summed E-state index contributed by atoms with van der Waals surface area (Å²) >= 11 is 0. The van der Waals surface area contributed by atoms with Crippen LogP contribution in [0.1, 0.15) is 206 Å². The number of hydrogen-bond donors (Lipinski definition) is 0. The minimum atomic E-state index is -0.444. The Hall–Kier alpha value is -1.69. The maximum absolute atomic E-state index is 12.4. The molecular weight excluding hydrogens is 655 g/mol. The lowest BCUT2D eigenvalue weighted by Crippen LogP contribution is -2.33. The number of rotatable bonds is 35. The smallest absolute Gasteiger partial charge is 0.306 e. The van der Waals surface area contributed by atoms with Crippen LogP contribution in [0, 0.1) is 0 Å². The van der Waals surface area contributed by atoms with Gasteiger partial charge in [-0.1, -0.05) is 140 Å². The van der Waals surface area contributed by atoms with Crippen molar-refractivity contribution in [2.45, 2.75) is 231 Å². The van der Waals surface area contributed by atoms with E-state index in [2.05, 4.69) is 67.4 Å². The monoisotopic (exact) mass is 740 g/mol. The molecule has 0 bridgehead atoms. The van der Waals surface area contributed by atoms with Crippen molar-refractivity contribution in [1.29, 1.82) is 0 Å². The van der Waals surface area contributed by atoms with Crippen LogP contribution in [0.3, 0.4) is 0 Å². The zero-order chi connectivity index (χ0) is 38.1. The van der Waals surface area contributed by atoms with Gasteiger partial charge in [0.1, 0.15) is 6.10 Å². The Morgan fingerprint density at radius 2 is 0.962 bits per heavy atom. The van der Waals surface area contributed by atoms with Crippen LogP contribution in [-0.2, 0) is 19.0 Å². The van der Waals surface area contributed by atoms with Crippen molar-refractivity contribution in [3.05, 3.63) is 48.6 Å². The van der Waals surface area contributed by atoms with E-state index in [9.17, 15) is 4.79 Å². The first kappa shape index (κ1) is 47.5. The van der Waals surface area contributed by atoms with Gasteiger partial charge in [0.15, 0.2) is 5.79 Å². The molecule has 0 aromatic heterocycles. The molecule has 1 heterocycles. The van der Waals surface area contributed by atoms with Crippen LogP contribution < -0.4 is 0 Å². The molecule has 3 atom stereocenters.